The van der Waals surface area contributed by atoms with Crippen LogP contribution in [0.1, 0.15) is 25.8 Å². The number of amides is 1. The molecule has 7 nitrogen and oxygen atoms in total. The van der Waals surface area contributed by atoms with E-state index < -0.39 is 48.4 Å². The van der Waals surface area contributed by atoms with Gasteiger partial charge >= 0.3 is 0 Å². The maximum absolute atomic E-state index is 12.9. The molecule has 0 unspecified atom stereocenters. The van der Waals surface area contributed by atoms with Crippen LogP contribution in [0.3, 0.4) is 0 Å². The fraction of sp³-hybridized carbons (Fsp3) is 0.143. The van der Waals surface area contributed by atoms with Crippen LogP contribution in [0, 0.1) is 6.92 Å². The zero-order valence-corrected chi connectivity index (χ0v) is 15.0. The molecule has 3 aromatic heterocycles. The lowest BCUT2D eigenvalue weighted by atomic mass is 10.1. The number of pyridine rings is 2. The third-order valence-corrected chi connectivity index (χ3v) is 4.26. The van der Waals surface area contributed by atoms with Gasteiger partial charge < -0.3 is 14.6 Å². The molecule has 1 amide bonds. The number of aryl methyl sites for hydroxylation is 1. The van der Waals surface area contributed by atoms with E-state index in [9.17, 15) is 4.79 Å². The third-order valence-electron chi connectivity index (χ3n) is 4.26. The number of rotatable bonds is 4. The average Bonchev–Trinajstić information content (AvgIpc) is 3.12. The molecule has 1 aromatic carbocycles. The van der Waals surface area contributed by atoms with Gasteiger partial charge in [-0.1, -0.05) is 0 Å². The average molecular weight is 380 g/mol. The van der Waals surface area contributed by atoms with E-state index >= 15 is 0 Å². The molecule has 7 heteroatoms. The molecule has 1 N–H and O–H groups in total. The molecule has 0 aliphatic heterocycles. The molecule has 0 aliphatic carbocycles. The number of benzene rings is 1. The Bertz CT molecular complexity index is 1450. The summed E-state index contributed by atoms with van der Waals surface area (Å²) < 4.78 is 60.2. The number of carbonyl (C=O) groups is 1. The van der Waals surface area contributed by atoms with E-state index in [1.54, 1.807) is 24.5 Å². The van der Waals surface area contributed by atoms with Crippen LogP contribution in [0.5, 0.6) is 5.75 Å². The van der Waals surface area contributed by atoms with Gasteiger partial charge in [0.1, 0.15) is 17.4 Å². The van der Waals surface area contributed by atoms with Crippen molar-refractivity contribution in [2.45, 2.75) is 6.92 Å². The highest BCUT2D eigenvalue weighted by atomic mass is 16.5. The Morgan fingerprint density at radius 2 is 1.89 bits per heavy atom. The molecule has 0 bridgehead atoms. The molecular weight excluding hydrogens is 354 g/mol. The molecule has 0 radical (unpaired) electrons. The van der Waals surface area contributed by atoms with E-state index in [4.69, 9.17) is 9.60 Å². The van der Waals surface area contributed by atoms with Gasteiger partial charge in [0.2, 0.25) is 0 Å². The van der Waals surface area contributed by atoms with Gasteiger partial charge in [-0.15, -0.1) is 0 Å². The first-order chi connectivity index (χ1) is 16.4. The number of hydrogen-bond acceptors (Lipinski definition) is 5. The monoisotopic (exact) mass is 380 g/mol. The number of fused-ring (bicyclic) bond motifs is 1. The van der Waals surface area contributed by atoms with Gasteiger partial charge in [-0.2, -0.15) is 0 Å². The number of nitrogens with zero attached hydrogens (tertiary/aromatic N) is 4. The standard InChI is InChI=1S/C21H19N5O2/c1-13-22-12-19(26(13)2)18-8-15-9-20(24-11-16(15)10-23-18)25-21(27)14-4-6-17(28-3)7-5-14/h4-12H,1-3H3,(H,24,25,27)/i3D3,4D,5D,6D,7D. The zero-order chi connectivity index (χ0) is 25.7. The lowest BCUT2D eigenvalue weighted by Crippen LogP contribution is -2.12. The van der Waals surface area contributed by atoms with Crippen molar-refractivity contribution in [2.24, 2.45) is 7.05 Å². The summed E-state index contributed by atoms with van der Waals surface area (Å²) in [7, 11) is -1.11. The number of methoxy groups -OCH3 is 1. The van der Waals surface area contributed by atoms with Gasteiger partial charge in [-0.25, -0.2) is 9.97 Å². The summed E-state index contributed by atoms with van der Waals surface area (Å²) >= 11 is 0. The molecule has 28 heavy (non-hydrogen) atoms. The Morgan fingerprint density at radius 1 is 1.11 bits per heavy atom. The second-order valence-electron chi connectivity index (χ2n) is 6.00. The van der Waals surface area contributed by atoms with Crippen LogP contribution in [-0.2, 0) is 7.05 Å². The van der Waals surface area contributed by atoms with Crippen LogP contribution in [0.4, 0.5) is 5.82 Å². The van der Waals surface area contributed by atoms with E-state index in [0.29, 0.717) is 16.5 Å². The van der Waals surface area contributed by atoms with E-state index in [-0.39, 0.29) is 5.82 Å². The van der Waals surface area contributed by atoms with E-state index in [2.05, 4.69) is 25.0 Å². The van der Waals surface area contributed by atoms with Gasteiger partial charge in [0.05, 0.1) is 34.2 Å². The van der Waals surface area contributed by atoms with Gasteiger partial charge in [-0.05, 0) is 48.6 Å². The molecule has 0 aliphatic rings. The smallest absolute Gasteiger partial charge is 0.256 e. The minimum Gasteiger partial charge on any atom is -0.497 e. The first kappa shape index (κ1) is 11.2. The van der Waals surface area contributed by atoms with Crippen molar-refractivity contribution >= 4 is 22.5 Å². The predicted molar refractivity (Wildman–Crippen MR) is 107 cm³/mol. The molecule has 0 saturated heterocycles. The van der Waals surface area contributed by atoms with Crippen molar-refractivity contribution in [2.75, 3.05) is 12.4 Å². The van der Waals surface area contributed by atoms with Crippen LogP contribution in [0.25, 0.3) is 22.2 Å². The summed E-state index contributed by atoms with van der Waals surface area (Å²) in [6, 6.07) is 0.370. The lowest BCUT2D eigenvalue weighted by molar-refractivity contribution is 0.102. The lowest BCUT2D eigenvalue weighted by Gasteiger charge is -2.08. The normalized spacial score (nSPS) is 14.9. The Balaban J connectivity index is 1.69. The molecule has 0 spiro atoms. The number of anilines is 1. The quantitative estimate of drug-likeness (QED) is 0.585. The first-order valence-electron chi connectivity index (χ1n) is 11.7. The summed E-state index contributed by atoms with van der Waals surface area (Å²) in [5.41, 5.74) is 0.892. The number of carbonyl (C=O) groups excluding carboxylic acids is 1. The largest absolute Gasteiger partial charge is 0.497 e. The number of aromatic nitrogens is 4. The van der Waals surface area contributed by atoms with Crippen molar-refractivity contribution in [3.8, 4) is 17.1 Å². The fourth-order valence-electron chi connectivity index (χ4n) is 2.63. The predicted octanol–water partition coefficient (Wildman–Crippen LogP) is 3.60. The first-order valence-corrected chi connectivity index (χ1v) is 8.22. The summed E-state index contributed by atoms with van der Waals surface area (Å²) in [4.78, 5) is 25.8. The van der Waals surface area contributed by atoms with E-state index in [1.165, 1.54) is 6.20 Å². The highest BCUT2D eigenvalue weighted by Gasteiger charge is 2.10. The number of nitrogens with one attached hydrogen (secondary N) is 1. The van der Waals surface area contributed by atoms with Crippen LogP contribution < -0.4 is 10.1 Å². The van der Waals surface area contributed by atoms with Crippen molar-refractivity contribution < 1.29 is 19.1 Å². The Kier molecular flexibility index (Phi) is 2.84. The van der Waals surface area contributed by atoms with Crippen LogP contribution in [0.15, 0.2) is 54.9 Å². The Morgan fingerprint density at radius 3 is 2.61 bits per heavy atom. The van der Waals surface area contributed by atoms with Crippen LogP contribution in [-0.4, -0.2) is 32.5 Å². The Labute approximate surface area is 171 Å². The molecule has 0 saturated carbocycles. The van der Waals surface area contributed by atoms with E-state index in [0.717, 1.165) is 11.5 Å². The summed E-state index contributed by atoms with van der Waals surface area (Å²) in [6.07, 6.45) is 4.84. The summed E-state index contributed by atoms with van der Waals surface area (Å²) in [5.74, 6) is -0.767. The molecule has 140 valence electrons. The van der Waals surface area contributed by atoms with Crippen molar-refractivity contribution in [1.82, 2.24) is 19.5 Å². The van der Waals surface area contributed by atoms with Gasteiger partial charge in [0.25, 0.3) is 5.91 Å². The SMILES string of the molecule is [2H]c1c([2H])c(C(=O)Nc2cc3cc(-c4cnc(C)n4C)ncc3cn2)c([2H])c([2H])c1OC([2H])([2H])[2H]. The summed E-state index contributed by atoms with van der Waals surface area (Å²) in [6.45, 7) is 1.87. The second-order valence-corrected chi connectivity index (χ2v) is 6.00. The maximum Gasteiger partial charge on any atom is 0.256 e. The number of ether oxygens (including phenoxy) is 1. The molecule has 4 aromatic rings. The number of imidazole rings is 1. The second kappa shape index (κ2) is 7.11. The molecule has 4 rings (SSSR count). The summed E-state index contributed by atoms with van der Waals surface area (Å²) in [5, 5.41) is 3.90. The third kappa shape index (κ3) is 3.29. The number of hydrogen-bond donors (Lipinski definition) is 1. The van der Waals surface area contributed by atoms with Crippen molar-refractivity contribution in [1.29, 1.82) is 0 Å². The van der Waals surface area contributed by atoms with Crippen molar-refractivity contribution in [3.05, 3.63) is 66.3 Å². The zero-order valence-electron chi connectivity index (χ0n) is 22.0. The van der Waals surface area contributed by atoms with Crippen LogP contribution in [0.2, 0.25) is 0 Å². The highest BCUT2D eigenvalue weighted by molar-refractivity contribution is 6.04. The van der Waals surface area contributed by atoms with Crippen molar-refractivity contribution in [3.63, 3.8) is 0 Å². The minimum absolute atomic E-state index is 0.112. The van der Waals surface area contributed by atoms with Gasteiger partial charge in [0.15, 0.2) is 0 Å². The topological polar surface area (TPSA) is 81.9 Å². The molecular formula is C21H19N5O2. The van der Waals surface area contributed by atoms with Crippen LogP contribution >= 0.6 is 0 Å². The molecule has 0 atom stereocenters. The van der Waals surface area contributed by atoms with Gasteiger partial charge in [0, 0.05) is 30.4 Å². The molecule has 3 heterocycles. The Hall–Kier alpha value is -3.74. The van der Waals surface area contributed by atoms with Gasteiger partial charge in [-0.3, -0.25) is 9.78 Å². The van der Waals surface area contributed by atoms with E-state index in [1.807, 2.05) is 18.5 Å². The molecule has 0 fully saturated rings. The fourth-order valence-corrected chi connectivity index (χ4v) is 2.63. The maximum atomic E-state index is 12.9. The highest BCUT2D eigenvalue weighted by Crippen LogP contribution is 2.23. The minimum atomic E-state index is -2.98.